The number of carbonyl (C=O) groups excluding carboxylic acids is 1. The average Bonchev–Trinajstić information content (AvgIpc) is 3.10. The fourth-order valence-electron chi connectivity index (χ4n) is 3.45. The van der Waals surface area contributed by atoms with E-state index in [0.29, 0.717) is 19.5 Å². The minimum atomic E-state index is -1.59. The third-order valence-electron chi connectivity index (χ3n) is 4.45. The lowest BCUT2D eigenvalue weighted by Crippen LogP contribution is -2.59. The Morgan fingerprint density at radius 1 is 1.43 bits per heavy atom. The molecule has 0 radical (unpaired) electrons. The smallest absolute Gasteiger partial charge is 0.338 e. The molecule has 0 aliphatic carbocycles. The highest BCUT2D eigenvalue weighted by molar-refractivity contribution is 6.04. The van der Waals surface area contributed by atoms with E-state index in [1.807, 2.05) is 24.3 Å². The zero-order valence-electron chi connectivity index (χ0n) is 11.8. The van der Waals surface area contributed by atoms with Crippen molar-refractivity contribution < 1.29 is 19.4 Å². The van der Waals surface area contributed by atoms with Crippen molar-refractivity contribution in [2.24, 2.45) is 0 Å². The standard InChI is InChI=1S/C15H18N2O4/c1-21-14(20)15(13(18)19)7-4-8-17(15)12-11-6-3-2-5-10(11)9-16-12/h2-3,5-6,12,16H,4,7-9H2,1H3,(H,18,19). The summed E-state index contributed by atoms with van der Waals surface area (Å²) in [4.78, 5) is 25.7. The van der Waals surface area contributed by atoms with Crippen LogP contribution in [0.25, 0.3) is 0 Å². The highest BCUT2D eigenvalue weighted by Gasteiger charge is 2.58. The minimum absolute atomic E-state index is 0.265. The van der Waals surface area contributed by atoms with Crippen molar-refractivity contribution in [3.63, 3.8) is 0 Å². The SMILES string of the molecule is COC(=O)C1(C(=O)O)CCCN1C1NCc2ccccc21. The van der Waals surface area contributed by atoms with Crippen LogP contribution >= 0.6 is 0 Å². The lowest BCUT2D eigenvalue weighted by molar-refractivity contribution is -0.170. The molecule has 2 aliphatic heterocycles. The molecule has 1 aromatic rings. The van der Waals surface area contributed by atoms with Crippen LogP contribution in [-0.4, -0.2) is 41.1 Å². The molecule has 112 valence electrons. The van der Waals surface area contributed by atoms with Crippen LogP contribution in [0.4, 0.5) is 0 Å². The Morgan fingerprint density at radius 3 is 2.90 bits per heavy atom. The van der Waals surface area contributed by atoms with Crippen molar-refractivity contribution in [1.82, 2.24) is 10.2 Å². The van der Waals surface area contributed by atoms with Crippen LogP contribution in [0.15, 0.2) is 24.3 Å². The van der Waals surface area contributed by atoms with Gasteiger partial charge in [0.2, 0.25) is 5.54 Å². The van der Waals surface area contributed by atoms with Gasteiger partial charge < -0.3 is 9.84 Å². The molecule has 1 saturated heterocycles. The zero-order chi connectivity index (χ0) is 15.0. The number of benzene rings is 1. The van der Waals surface area contributed by atoms with E-state index in [1.54, 1.807) is 4.90 Å². The van der Waals surface area contributed by atoms with E-state index in [1.165, 1.54) is 7.11 Å². The maximum atomic E-state index is 12.2. The lowest BCUT2D eigenvalue weighted by atomic mass is 9.95. The number of carboxylic acid groups (broad SMARTS) is 1. The van der Waals surface area contributed by atoms with Gasteiger partial charge in [-0.3, -0.25) is 10.2 Å². The summed E-state index contributed by atoms with van der Waals surface area (Å²) >= 11 is 0. The number of ether oxygens (including phenoxy) is 1. The quantitative estimate of drug-likeness (QED) is 0.635. The maximum Gasteiger partial charge on any atom is 0.338 e. The third kappa shape index (κ3) is 1.94. The predicted molar refractivity (Wildman–Crippen MR) is 74.3 cm³/mol. The molecule has 2 heterocycles. The van der Waals surface area contributed by atoms with Gasteiger partial charge in [-0.2, -0.15) is 0 Å². The second kappa shape index (κ2) is 5.13. The number of likely N-dealkylation sites (tertiary alicyclic amines) is 1. The van der Waals surface area contributed by atoms with Crippen molar-refractivity contribution in [1.29, 1.82) is 0 Å². The molecule has 2 N–H and O–H groups in total. The Hall–Kier alpha value is -1.92. The number of hydrogen-bond acceptors (Lipinski definition) is 5. The summed E-state index contributed by atoms with van der Waals surface area (Å²) in [6.07, 6.45) is 0.663. The van der Waals surface area contributed by atoms with Crippen LogP contribution in [0.2, 0.25) is 0 Å². The lowest BCUT2D eigenvalue weighted by Gasteiger charge is -2.36. The van der Waals surface area contributed by atoms with Crippen molar-refractivity contribution in [3.05, 3.63) is 35.4 Å². The molecule has 0 spiro atoms. The number of esters is 1. The molecule has 21 heavy (non-hydrogen) atoms. The molecule has 2 aliphatic rings. The number of methoxy groups -OCH3 is 1. The molecule has 0 amide bonds. The molecule has 1 aromatic carbocycles. The van der Waals surface area contributed by atoms with Crippen LogP contribution in [0, 0.1) is 0 Å². The number of carbonyl (C=O) groups is 2. The van der Waals surface area contributed by atoms with Crippen LogP contribution < -0.4 is 5.32 Å². The topological polar surface area (TPSA) is 78.9 Å². The molecule has 2 atom stereocenters. The Labute approximate surface area is 122 Å². The van der Waals surface area contributed by atoms with E-state index in [9.17, 15) is 14.7 Å². The fraction of sp³-hybridized carbons (Fsp3) is 0.467. The first-order valence-electron chi connectivity index (χ1n) is 7.01. The van der Waals surface area contributed by atoms with Gasteiger partial charge >= 0.3 is 11.9 Å². The largest absolute Gasteiger partial charge is 0.479 e. The van der Waals surface area contributed by atoms with Crippen molar-refractivity contribution in [2.75, 3.05) is 13.7 Å². The van der Waals surface area contributed by atoms with Gasteiger partial charge in [-0.05, 0) is 24.0 Å². The van der Waals surface area contributed by atoms with Gasteiger partial charge in [0.05, 0.1) is 13.3 Å². The number of carboxylic acids is 1. The fourth-order valence-corrected chi connectivity index (χ4v) is 3.45. The first kappa shape index (κ1) is 14.0. The van der Waals surface area contributed by atoms with E-state index in [-0.39, 0.29) is 12.6 Å². The van der Waals surface area contributed by atoms with Crippen LogP contribution in [-0.2, 0) is 20.9 Å². The van der Waals surface area contributed by atoms with Crippen molar-refractivity contribution in [3.8, 4) is 0 Å². The van der Waals surface area contributed by atoms with Crippen molar-refractivity contribution >= 4 is 11.9 Å². The summed E-state index contributed by atoms with van der Waals surface area (Å²) in [6, 6.07) is 7.87. The van der Waals surface area contributed by atoms with Crippen LogP contribution in [0.5, 0.6) is 0 Å². The molecule has 0 aromatic heterocycles. The van der Waals surface area contributed by atoms with Crippen LogP contribution in [0.1, 0.15) is 30.1 Å². The number of nitrogens with one attached hydrogen (secondary N) is 1. The average molecular weight is 290 g/mol. The van der Waals surface area contributed by atoms with Gasteiger partial charge in [-0.15, -0.1) is 0 Å². The van der Waals surface area contributed by atoms with Gasteiger partial charge in [0.25, 0.3) is 0 Å². The van der Waals surface area contributed by atoms with Crippen LogP contribution in [0.3, 0.4) is 0 Å². The van der Waals surface area contributed by atoms with E-state index >= 15 is 0 Å². The Bertz CT molecular complexity index is 589. The molecule has 3 rings (SSSR count). The summed E-state index contributed by atoms with van der Waals surface area (Å²) in [5, 5.41) is 13.0. The monoisotopic (exact) mass is 290 g/mol. The minimum Gasteiger partial charge on any atom is -0.479 e. The van der Waals surface area contributed by atoms with E-state index in [0.717, 1.165) is 11.1 Å². The molecule has 6 heteroatoms. The second-order valence-corrected chi connectivity index (χ2v) is 5.44. The summed E-state index contributed by atoms with van der Waals surface area (Å²) < 4.78 is 4.79. The molecule has 2 unspecified atom stereocenters. The number of hydrogen-bond donors (Lipinski definition) is 2. The number of fused-ring (bicyclic) bond motifs is 1. The Balaban J connectivity index is 2.02. The molecule has 0 saturated carbocycles. The first-order chi connectivity index (χ1) is 10.1. The van der Waals surface area contributed by atoms with Gasteiger partial charge in [-0.1, -0.05) is 24.3 Å². The predicted octanol–water partition coefficient (Wildman–Crippen LogP) is 0.881. The van der Waals surface area contributed by atoms with Crippen molar-refractivity contribution in [2.45, 2.75) is 31.1 Å². The number of aliphatic carboxylic acids is 1. The zero-order valence-corrected chi connectivity index (χ0v) is 11.8. The Morgan fingerprint density at radius 2 is 2.19 bits per heavy atom. The molecular formula is C15H18N2O4. The van der Waals surface area contributed by atoms with E-state index in [2.05, 4.69) is 5.32 Å². The third-order valence-corrected chi connectivity index (χ3v) is 4.45. The van der Waals surface area contributed by atoms with Gasteiger partial charge in [0, 0.05) is 13.1 Å². The Kier molecular flexibility index (Phi) is 3.43. The molecule has 1 fully saturated rings. The highest BCUT2D eigenvalue weighted by atomic mass is 16.5. The maximum absolute atomic E-state index is 12.2. The summed E-state index contributed by atoms with van der Waals surface area (Å²) in [6.45, 7) is 1.22. The number of nitrogens with zero attached hydrogens (tertiary/aromatic N) is 1. The van der Waals surface area contributed by atoms with Gasteiger partial charge in [-0.25, -0.2) is 9.59 Å². The first-order valence-corrected chi connectivity index (χ1v) is 7.01. The molecular weight excluding hydrogens is 272 g/mol. The summed E-state index contributed by atoms with van der Waals surface area (Å²) in [7, 11) is 1.24. The van der Waals surface area contributed by atoms with Gasteiger partial charge in [0.15, 0.2) is 0 Å². The normalized spacial score (nSPS) is 28.3. The highest BCUT2D eigenvalue weighted by Crippen LogP contribution is 2.40. The van der Waals surface area contributed by atoms with E-state index in [4.69, 9.17) is 4.74 Å². The molecule has 6 nitrogen and oxygen atoms in total. The van der Waals surface area contributed by atoms with E-state index < -0.39 is 17.5 Å². The molecule has 0 bridgehead atoms. The van der Waals surface area contributed by atoms with Gasteiger partial charge in [0.1, 0.15) is 0 Å². The summed E-state index contributed by atoms with van der Waals surface area (Å²) in [5.74, 6) is -1.84. The second-order valence-electron chi connectivity index (χ2n) is 5.44. The number of rotatable bonds is 3. The summed E-state index contributed by atoms with van der Waals surface area (Å²) in [5.41, 5.74) is 0.580.